The summed E-state index contributed by atoms with van der Waals surface area (Å²) in [4.78, 5) is 16.1. The van der Waals surface area contributed by atoms with Crippen LogP contribution in [0.3, 0.4) is 0 Å². The average Bonchev–Trinajstić information content (AvgIpc) is 2.93. The van der Waals surface area contributed by atoms with Crippen molar-refractivity contribution >= 4 is 16.8 Å². The van der Waals surface area contributed by atoms with Crippen LogP contribution in [0.1, 0.15) is 16.1 Å². The predicted molar refractivity (Wildman–Crippen MR) is 76.3 cm³/mol. The highest BCUT2D eigenvalue weighted by atomic mass is 19.1. The van der Waals surface area contributed by atoms with Crippen LogP contribution >= 0.6 is 0 Å². The molecule has 0 bridgehead atoms. The Kier molecular flexibility index (Phi) is 3.59. The van der Waals surface area contributed by atoms with Gasteiger partial charge in [0.25, 0.3) is 5.91 Å². The number of rotatable bonds is 4. The lowest BCUT2D eigenvalue weighted by Gasteiger charge is -2.04. The highest BCUT2D eigenvalue weighted by molar-refractivity contribution is 6.04. The summed E-state index contributed by atoms with van der Waals surface area (Å²) in [6.07, 6.45) is 3.87. The largest absolute Gasteiger partial charge is 0.350 e. The normalized spacial score (nSPS) is 10.7. The third-order valence-electron chi connectivity index (χ3n) is 3.19. The lowest BCUT2D eigenvalue weighted by Crippen LogP contribution is -2.26. The number of fused-ring (bicyclic) bond motifs is 1. The molecular weight excluding hydrogens is 271 g/mol. The summed E-state index contributed by atoms with van der Waals surface area (Å²) in [5.74, 6) is -0.519. The number of amides is 1. The molecule has 106 valence electrons. The molecule has 0 aliphatic rings. The molecule has 0 aliphatic heterocycles. The first-order chi connectivity index (χ1) is 10.2. The molecule has 0 fully saturated rings. The number of halogens is 1. The third-order valence-corrected chi connectivity index (χ3v) is 3.19. The van der Waals surface area contributed by atoms with Crippen LogP contribution < -0.4 is 5.32 Å². The number of pyridine rings is 1. The highest BCUT2D eigenvalue weighted by Crippen LogP contribution is 2.13. The lowest BCUT2D eigenvalue weighted by atomic mass is 10.1. The quantitative estimate of drug-likeness (QED) is 0.770. The van der Waals surface area contributed by atoms with Crippen LogP contribution in [0.15, 0.2) is 42.7 Å². The highest BCUT2D eigenvalue weighted by Gasteiger charge is 2.13. The van der Waals surface area contributed by atoms with Gasteiger partial charge in [0, 0.05) is 18.9 Å². The minimum absolute atomic E-state index is 0.253. The third kappa shape index (κ3) is 2.89. The van der Waals surface area contributed by atoms with Gasteiger partial charge in [0.15, 0.2) is 5.69 Å². The van der Waals surface area contributed by atoms with Crippen molar-refractivity contribution < 1.29 is 9.18 Å². The van der Waals surface area contributed by atoms with E-state index in [9.17, 15) is 9.18 Å². The van der Waals surface area contributed by atoms with Crippen molar-refractivity contribution in [1.82, 2.24) is 20.5 Å². The molecule has 6 heteroatoms. The van der Waals surface area contributed by atoms with Gasteiger partial charge in [-0.15, -0.1) is 0 Å². The molecule has 0 aliphatic carbocycles. The standard InChI is InChI=1S/C15H13FN4O/c16-11-3-1-10(2-4-11)5-8-18-15(21)14-12-9-17-7-6-13(12)19-20-14/h1-4,6-7,9H,5,8H2,(H,18,21)(H,19,20). The second-order valence-electron chi connectivity index (χ2n) is 4.63. The summed E-state index contributed by atoms with van der Waals surface area (Å²) >= 11 is 0. The van der Waals surface area contributed by atoms with Crippen LogP contribution in [-0.2, 0) is 6.42 Å². The smallest absolute Gasteiger partial charge is 0.272 e. The van der Waals surface area contributed by atoms with E-state index in [2.05, 4.69) is 20.5 Å². The molecule has 2 aromatic heterocycles. The molecule has 21 heavy (non-hydrogen) atoms. The maximum atomic E-state index is 12.8. The van der Waals surface area contributed by atoms with E-state index < -0.39 is 0 Å². The number of aromatic nitrogens is 3. The van der Waals surface area contributed by atoms with Gasteiger partial charge in [-0.1, -0.05) is 12.1 Å². The molecule has 0 unspecified atom stereocenters. The fourth-order valence-corrected chi connectivity index (χ4v) is 2.09. The number of benzene rings is 1. The minimum Gasteiger partial charge on any atom is -0.350 e. The van der Waals surface area contributed by atoms with Crippen molar-refractivity contribution in [3.05, 3.63) is 59.8 Å². The number of hydrogen-bond donors (Lipinski definition) is 2. The predicted octanol–water partition coefficient (Wildman–Crippen LogP) is 2.07. The Morgan fingerprint density at radius 2 is 2.05 bits per heavy atom. The number of nitrogens with zero attached hydrogens (tertiary/aromatic N) is 2. The van der Waals surface area contributed by atoms with Gasteiger partial charge in [0.2, 0.25) is 0 Å². The first-order valence-corrected chi connectivity index (χ1v) is 6.55. The Morgan fingerprint density at radius 1 is 1.24 bits per heavy atom. The summed E-state index contributed by atoms with van der Waals surface area (Å²) in [6.45, 7) is 0.457. The Morgan fingerprint density at radius 3 is 2.86 bits per heavy atom. The summed E-state index contributed by atoms with van der Waals surface area (Å²) < 4.78 is 12.8. The van der Waals surface area contributed by atoms with Gasteiger partial charge in [0.1, 0.15) is 5.82 Å². The van der Waals surface area contributed by atoms with E-state index >= 15 is 0 Å². The molecule has 0 radical (unpaired) electrons. The summed E-state index contributed by atoms with van der Waals surface area (Å²) in [7, 11) is 0. The van der Waals surface area contributed by atoms with Crippen LogP contribution in [0.4, 0.5) is 4.39 Å². The van der Waals surface area contributed by atoms with Gasteiger partial charge in [0.05, 0.1) is 10.9 Å². The Hall–Kier alpha value is -2.76. The van der Waals surface area contributed by atoms with Gasteiger partial charge in [-0.05, 0) is 30.2 Å². The number of hydrogen-bond acceptors (Lipinski definition) is 3. The van der Waals surface area contributed by atoms with Gasteiger partial charge in [-0.2, -0.15) is 5.10 Å². The zero-order chi connectivity index (χ0) is 14.7. The van der Waals surface area contributed by atoms with Crippen LogP contribution in [-0.4, -0.2) is 27.6 Å². The zero-order valence-electron chi connectivity index (χ0n) is 11.1. The molecule has 0 atom stereocenters. The fraction of sp³-hybridized carbons (Fsp3) is 0.133. The first kappa shape index (κ1) is 13.2. The second kappa shape index (κ2) is 5.70. The maximum Gasteiger partial charge on any atom is 0.272 e. The first-order valence-electron chi connectivity index (χ1n) is 6.55. The van der Waals surface area contributed by atoms with E-state index in [1.165, 1.54) is 12.1 Å². The van der Waals surface area contributed by atoms with E-state index in [4.69, 9.17) is 0 Å². The summed E-state index contributed by atoms with van der Waals surface area (Å²) in [6, 6.07) is 7.98. The Bertz CT molecular complexity index is 767. The molecular formula is C15H13FN4O. The van der Waals surface area contributed by atoms with E-state index in [0.29, 0.717) is 24.0 Å². The molecule has 0 saturated carbocycles. The summed E-state index contributed by atoms with van der Waals surface area (Å²) in [5.41, 5.74) is 2.07. The average molecular weight is 284 g/mol. The topological polar surface area (TPSA) is 70.7 Å². The number of aromatic amines is 1. The Balaban J connectivity index is 1.63. The molecule has 1 amide bonds. The van der Waals surface area contributed by atoms with Gasteiger partial charge < -0.3 is 5.32 Å². The Labute approximate surface area is 120 Å². The van der Waals surface area contributed by atoms with E-state index in [-0.39, 0.29) is 11.7 Å². The van der Waals surface area contributed by atoms with Gasteiger partial charge in [-0.25, -0.2) is 4.39 Å². The van der Waals surface area contributed by atoms with Crippen molar-refractivity contribution in [2.45, 2.75) is 6.42 Å². The van der Waals surface area contributed by atoms with Crippen molar-refractivity contribution in [3.63, 3.8) is 0 Å². The van der Waals surface area contributed by atoms with Gasteiger partial charge >= 0.3 is 0 Å². The SMILES string of the molecule is O=C(NCCc1ccc(F)cc1)c1n[nH]c2ccncc12. The second-order valence-corrected chi connectivity index (χ2v) is 4.63. The molecule has 1 aromatic carbocycles. The van der Waals surface area contributed by atoms with Crippen LogP contribution in [0.2, 0.25) is 0 Å². The summed E-state index contributed by atoms with van der Waals surface area (Å²) in [5, 5.41) is 10.3. The molecule has 0 spiro atoms. The van der Waals surface area contributed by atoms with E-state index in [0.717, 1.165) is 11.1 Å². The number of H-pyrrole nitrogens is 1. The molecule has 0 saturated heterocycles. The zero-order valence-corrected chi connectivity index (χ0v) is 11.1. The maximum absolute atomic E-state index is 12.8. The molecule has 2 heterocycles. The van der Waals surface area contributed by atoms with Crippen LogP contribution in [0.25, 0.3) is 10.9 Å². The van der Waals surface area contributed by atoms with Gasteiger partial charge in [-0.3, -0.25) is 14.9 Å². The van der Waals surface area contributed by atoms with Crippen molar-refractivity contribution in [3.8, 4) is 0 Å². The van der Waals surface area contributed by atoms with E-state index in [1.54, 1.807) is 30.6 Å². The minimum atomic E-state index is -0.265. The molecule has 3 aromatic rings. The monoisotopic (exact) mass is 284 g/mol. The van der Waals surface area contributed by atoms with Crippen LogP contribution in [0.5, 0.6) is 0 Å². The van der Waals surface area contributed by atoms with Crippen LogP contribution in [0, 0.1) is 5.82 Å². The van der Waals surface area contributed by atoms with Crippen molar-refractivity contribution in [2.24, 2.45) is 0 Å². The van der Waals surface area contributed by atoms with Crippen molar-refractivity contribution in [1.29, 1.82) is 0 Å². The van der Waals surface area contributed by atoms with Crippen molar-refractivity contribution in [2.75, 3.05) is 6.54 Å². The number of nitrogens with one attached hydrogen (secondary N) is 2. The number of carbonyl (C=O) groups is 1. The van der Waals surface area contributed by atoms with E-state index in [1.807, 2.05) is 0 Å². The molecule has 3 rings (SSSR count). The lowest BCUT2D eigenvalue weighted by molar-refractivity contribution is 0.0950. The fourth-order valence-electron chi connectivity index (χ4n) is 2.09. The molecule has 5 nitrogen and oxygen atoms in total. The number of carbonyl (C=O) groups excluding carboxylic acids is 1. The molecule has 2 N–H and O–H groups in total.